The standard InChI is InChI=1S/C10H17N5O3/c1-10(2,3)6(7(16)17)13-9(18)14-8-11-5-12-15(8)4/h5-6H,1-4H3,(H,16,17)(H2,11,12,13,14,18). The molecule has 1 unspecified atom stereocenters. The molecule has 0 radical (unpaired) electrons. The number of hydrogen-bond donors (Lipinski definition) is 3. The summed E-state index contributed by atoms with van der Waals surface area (Å²) in [5.74, 6) is -0.846. The van der Waals surface area contributed by atoms with E-state index < -0.39 is 23.5 Å². The van der Waals surface area contributed by atoms with Crippen LogP contribution in [0.5, 0.6) is 0 Å². The Balaban J connectivity index is 2.69. The van der Waals surface area contributed by atoms with Crippen molar-refractivity contribution in [2.24, 2.45) is 12.5 Å². The van der Waals surface area contributed by atoms with Crippen LogP contribution in [0.3, 0.4) is 0 Å². The largest absolute Gasteiger partial charge is 0.480 e. The van der Waals surface area contributed by atoms with Gasteiger partial charge in [-0.15, -0.1) is 0 Å². The Bertz CT molecular complexity index is 449. The van der Waals surface area contributed by atoms with Crippen LogP contribution in [0.15, 0.2) is 6.33 Å². The number of aliphatic carboxylic acids is 1. The molecule has 3 N–H and O–H groups in total. The maximum atomic E-state index is 11.7. The first-order chi connectivity index (χ1) is 8.21. The quantitative estimate of drug-likeness (QED) is 0.726. The molecular formula is C10H17N5O3. The lowest BCUT2D eigenvalue weighted by Gasteiger charge is -2.27. The third kappa shape index (κ3) is 3.44. The minimum Gasteiger partial charge on any atom is -0.480 e. The van der Waals surface area contributed by atoms with Crippen molar-refractivity contribution in [3.8, 4) is 0 Å². The highest BCUT2D eigenvalue weighted by Crippen LogP contribution is 2.19. The van der Waals surface area contributed by atoms with E-state index in [0.29, 0.717) is 0 Å². The van der Waals surface area contributed by atoms with Gasteiger partial charge in [-0.2, -0.15) is 10.1 Å². The van der Waals surface area contributed by atoms with Crippen LogP contribution in [-0.2, 0) is 11.8 Å². The minimum atomic E-state index is -1.09. The van der Waals surface area contributed by atoms with E-state index in [1.54, 1.807) is 27.8 Å². The Hall–Kier alpha value is -2.12. The van der Waals surface area contributed by atoms with Crippen LogP contribution in [0.2, 0.25) is 0 Å². The fraction of sp³-hybridized carbons (Fsp3) is 0.600. The van der Waals surface area contributed by atoms with Gasteiger partial charge >= 0.3 is 12.0 Å². The molecule has 0 aliphatic rings. The second kappa shape index (κ2) is 5.03. The molecule has 0 aliphatic carbocycles. The fourth-order valence-corrected chi connectivity index (χ4v) is 1.33. The van der Waals surface area contributed by atoms with E-state index in [2.05, 4.69) is 20.7 Å². The molecule has 1 atom stereocenters. The van der Waals surface area contributed by atoms with Crippen molar-refractivity contribution in [2.75, 3.05) is 5.32 Å². The van der Waals surface area contributed by atoms with Gasteiger partial charge in [0.2, 0.25) is 5.95 Å². The number of carbonyl (C=O) groups excluding carboxylic acids is 1. The lowest BCUT2D eigenvalue weighted by atomic mass is 9.87. The first-order valence-corrected chi connectivity index (χ1v) is 5.36. The van der Waals surface area contributed by atoms with Crippen LogP contribution in [0.25, 0.3) is 0 Å². The van der Waals surface area contributed by atoms with Gasteiger partial charge in [0.1, 0.15) is 12.4 Å². The molecule has 2 amide bonds. The summed E-state index contributed by atoms with van der Waals surface area (Å²) >= 11 is 0. The van der Waals surface area contributed by atoms with E-state index in [9.17, 15) is 9.59 Å². The Morgan fingerprint density at radius 1 is 1.44 bits per heavy atom. The Morgan fingerprint density at radius 2 is 2.06 bits per heavy atom. The molecule has 1 rings (SSSR count). The van der Waals surface area contributed by atoms with Gasteiger partial charge in [-0.3, -0.25) is 5.32 Å². The molecule has 8 nitrogen and oxygen atoms in total. The molecule has 0 spiro atoms. The number of anilines is 1. The second-order valence-electron chi connectivity index (χ2n) is 4.94. The molecule has 100 valence electrons. The van der Waals surface area contributed by atoms with Crippen molar-refractivity contribution >= 4 is 17.9 Å². The molecule has 18 heavy (non-hydrogen) atoms. The second-order valence-corrected chi connectivity index (χ2v) is 4.94. The number of amides is 2. The SMILES string of the molecule is Cn1ncnc1NC(=O)NC(C(=O)O)C(C)(C)C. The minimum absolute atomic E-state index is 0.241. The number of urea groups is 1. The van der Waals surface area contributed by atoms with E-state index in [-0.39, 0.29) is 5.95 Å². The molecule has 1 aromatic heterocycles. The van der Waals surface area contributed by atoms with Gasteiger partial charge < -0.3 is 10.4 Å². The highest BCUT2D eigenvalue weighted by Gasteiger charge is 2.32. The number of carboxylic acids is 1. The van der Waals surface area contributed by atoms with E-state index in [0.717, 1.165) is 0 Å². The lowest BCUT2D eigenvalue weighted by Crippen LogP contribution is -2.50. The van der Waals surface area contributed by atoms with Crippen molar-refractivity contribution in [2.45, 2.75) is 26.8 Å². The number of carbonyl (C=O) groups is 2. The summed E-state index contributed by atoms with van der Waals surface area (Å²) in [6.07, 6.45) is 1.29. The number of aryl methyl sites for hydroxylation is 1. The summed E-state index contributed by atoms with van der Waals surface area (Å²) in [5, 5.41) is 17.7. The third-order valence-electron chi connectivity index (χ3n) is 2.33. The van der Waals surface area contributed by atoms with Gasteiger partial charge in [0.15, 0.2) is 0 Å². The van der Waals surface area contributed by atoms with Crippen molar-refractivity contribution in [1.29, 1.82) is 0 Å². The molecule has 1 heterocycles. The molecular weight excluding hydrogens is 238 g/mol. The van der Waals surface area contributed by atoms with Gasteiger partial charge in [0, 0.05) is 7.05 Å². The summed E-state index contributed by atoms with van der Waals surface area (Å²) in [6, 6.07) is -1.63. The van der Waals surface area contributed by atoms with Crippen LogP contribution < -0.4 is 10.6 Å². The van der Waals surface area contributed by atoms with Gasteiger partial charge in [0.25, 0.3) is 0 Å². The predicted molar refractivity (Wildman–Crippen MR) is 64.0 cm³/mol. The molecule has 0 aliphatic heterocycles. The van der Waals surface area contributed by atoms with Crippen molar-refractivity contribution < 1.29 is 14.7 Å². The Labute approximate surface area is 104 Å². The number of aromatic nitrogens is 3. The number of hydrogen-bond acceptors (Lipinski definition) is 4. The molecule has 0 aromatic carbocycles. The lowest BCUT2D eigenvalue weighted by molar-refractivity contribution is -0.141. The first-order valence-electron chi connectivity index (χ1n) is 5.36. The number of nitrogens with one attached hydrogen (secondary N) is 2. The van der Waals surface area contributed by atoms with Crippen LogP contribution >= 0.6 is 0 Å². The third-order valence-corrected chi connectivity index (χ3v) is 2.33. The van der Waals surface area contributed by atoms with Gasteiger partial charge in [-0.1, -0.05) is 20.8 Å². The predicted octanol–water partition coefficient (Wildman–Crippen LogP) is 0.436. The van der Waals surface area contributed by atoms with Crippen molar-refractivity contribution in [3.05, 3.63) is 6.33 Å². The van der Waals surface area contributed by atoms with Crippen LogP contribution in [0.1, 0.15) is 20.8 Å². The molecule has 0 bridgehead atoms. The summed E-state index contributed by atoms with van der Waals surface area (Å²) in [6.45, 7) is 5.19. The molecule has 0 saturated carbocycles. The van der Waals surface area contributed by atoms with Crippen molar-refractivity contribution in [1.82, 2.24) is 20.1 Å². The van der Waals surface area contributed by atoms with E-state index in [1.807, 2.05) is 0 Å². The van der Waals surface area contributed by atoms with Crippen LogP contribution in [0, 0.1) is 5.41 Å². The van der Waals surface area contributed by atoms with Crippen molar-refractivity contribution in [3.63, 3.8) is 0 Å². The van der Waals surface area contributed by atoms with Gasteiger partial charge in [-0.25, -0.2) is 14.3 Å². The summed E-state index contributed by atoms with van der Waals surface area (Å²) in [4.78, 5) is 26.5. The zero-order valence-corrected chi connectivity index (χ0v) is 10.8. The molecule has 0 saturated heterocycles. The van der Waals surface area contributed by atoms with Crippen LogP contribution in [-0.4, -0.2) is 37.9 Å². The summed E-state index contributed by atoms with van der Waals surface area (Å²) in [5.41, 5.74) is -0.594. The fourth-order valence-electron chi connectivity index (χ4n) is 1.33. The summed E-state index contributed by atoms with van der Waals surface area (Å²) in [7, 11) is 1.61. The Kier molecular flexibility index (Phi) is 3.89. The normalized spacial score (nSPS) is 12.9. The number of nitrogens with zero attached hydrogens (tertiary/aromatic N) is 3. The average molecular weight is 255 g/mol. The summed E-state index contributed by atoms with van der Waals surface area (Å²) < 4.78 is 1.37. The van der Waals surface area contributed by atoms with E-state index in [4.69, 9.17) is 5.11 Å². The maximum absolute atomic E-state index is 11.7. The average Bonchev–Trinajstić information content (AvgIpc) is 2.59. The van der Waals surface area contributed by atoms with Gasteiger partial charge in [-0.05, 0) is 5.41 Å². The zero-order chi connectivity index (χ0) is 13.9. The molecule has 8 heteroatoms. The highest BCUT2D eigenvalue weighted by atomic mass is 16.4. The number of carboxylic acid groups (broad SMARTS) is 1. The zero-order valence-electron chi connectivity index (χ0n) is 10.8. The van der Waals surface area contributed by atoms with Crippen LogP contribution in [0.4, 0.5) is 10.7 Å². The first kappa shape index (κ1) is 13.9. The molecule has 1 aromatic rings. The van der Waals surface area contributed by atoms with E-state index in [1.165, 1.54) is 11.0 Å². The maximum Gasteiger partial charge on any atom is 0.326 e. The monoisotopic (exact) mass is 255 g/mol. The number of rotatable bonds is 3. The topological polar surface area (TPSA) is 109 Å². The smallest absolute Gasteiger partial charge is 0.326 e. The Morgan fingerprint density at radius 3 is 2.44 bits per heavy atom. The molecule has 0 fully saturated rings. The van der Waals surface area contributed by atoms with Gasteiger partial charge in [0.05, 0.1) is 0 Å². The highest BCUT2D eigenvalue weighted by molar-refractivity contribution is 5.91. The van der Waals surface area contributed by atoms with E-state index >= 15 is 0 Å².